The highest BCUT2D eigenvalue weighted by molar-refractivity contribution is 7.80. The second-order valence-electron chi connectivity index (χ2n) is 6.08. The molecule has 1 amide bonds. The van der Waals surface area contributed by atoms with E-state index in [1.807, 2.05) is 0 Å². The maximum atomic E-state index is 12.3. The summed E-state index contributed by atoms with van der Waals surface area (Å²) < 4.78 is 0. The van der Waals surface area contributed by atoms with Crippen molar-refractivity contribution in [2.45, 2.75) is 59.4 Å². The summed E-state index contributed by atoms with van der Waals surface area (Å²) in [4.78, 5) is 12.7. The van der Waals surface area contributed by atoms with Crippen molar-refractivity contribution in [2.24, 2.45) is 23.0 Å². The van der Waals surface area contributed by atoms with Crippen molar-refractivity contribution in [1.29, 1.82) is 0 Å². The third kappa shape index (κ3) is 3.22. The van der Waals surface area contributed by atoms with E-state index < -0.39 is 5.41 Å². The Bertz CT molecular complexity index is 324. The summed E-state index contributed by atoms with van der Waals surface area (Å²) in [6.45, 7) is 8.56. The number of carbonyl (C=O) groups is 1. The Kier molecular flexibility index (Phi) is 5.14. The third-order valence-electron chi connectivity index (χ3n) is 4.13. The standard InChI is InChI=1S/C14H26N2OS/c1-5-9(2)6-11(4)16-13(17)14(12(15)18)7-10(3)8-14/h9-11H,5-8H2,1-4H3,(H2,15,18)(H,16,17). The Labute approximate surface area is 116 Å². The molecule has 2 atom stereocenters. The van der Waals surface area contributed by atoms with Gasteiger partial charge in [0.15, 0.2) is 0 Å². The smallest absolute Gasteiger partial charge is 0.233 e. The average Bonchev–Trinajstić information content (AvgIpc) is 2.23. The molecule has 3 N–H and O–H groups in total. The molecule has 3 nitrogen and oxygen atoms in total. The average molecular weight is 270 g/mol. The number of hydrogen-bond donors (Lipinski definition) is 2. The minimum atomic E-state index is -0.571. The normalized spacial score (nSPS) is 30.1. The van der Waals surface area contributed by atoms with Gasteiger partial charge in [0.25, 0.3) is 0 Å². The SMILES string of the molecule is CCC(C)CC(C)NC(=O)C1(C(N)=S)CC(C)C1. The summed E-state index contributed by atoms with van der Waals surface area (Å²) in [5, 5.41) is 3.08. The van der Waals surface area contributed by atoms with Crippen molar-refractivity contribution in [1.82, 2.24) is 5.32 Å². The maximum absolute atomic E-state index is 12.3. The molecule has 0 aromatic heterocycles. The van der Waals surface area contributed by atoms with E-state index >= 15 is 0 Å². The van der Waals surface area contributed by atoms with Gasteiger partial charge in [-0.2, -0.15) is 0 Å². The lowest BCUT2D eigenvalue weighted by Crippen LogP contribution is -2.57. The number of thiocarbonyl (C=S) groups is 1. The number of rotatable bonds is 6. The van der Waals surface area contributed by atoms with Crippen LogP contribution in [-0.2, 0) is 4.79 Å². The van der Waals surface area contributed by atoms with E-state index in [0.717, 1.165) is 25.7 Å². The molecule has 1 fully saturated rings. The van der Waals surface area contributed by atoms with E-state index in [1.165, 1.54) is 0 Å². The first-order valence-corrected chi connectivity index (χ1v) is 7.33. The van der Waals surface area contributed by atoms with Crippen LogP contribution in [0.4, 0.5) is 0 Å². The molecule has 0 aromatic rings. The van der Waals surface area contributed by atoms with E-state index in [-0.39, 0.29) is 11.9 Å². The summed E-state index contributed by atoms with van der Waals surface area (Å²) in [5.74, 6) is 1.20. The zero-order chi connectivity index (χ0) is 13.9. The molecule has 0 radical (unpaired) electrons. The fourth-order valence-electron chi connectivity index (χ4n) is 2.82. The Morgan fingerprint density at radius 1 is 1.50 bits per heavy atom. The van der Waals surface area contributed by atoms with E-state index in [9.17, 15) is 4.79 Å². The first kappa shape index (κ1) is 15.4. The van der Waals surface area contributed by atoms with Crippen molar-refractivity contribution in [3.05, 3.63) is 0 Å². The molecular formula is C14H26N2OS. The third-order valence-corrected chi connectivity index (χ3v) is 4.52. The zero-order valence-corrected chi connectivity index (χ0v) is 12.8. The van der Waals surface area contributed by atoms with Gasteiger partial charge in [-0.05, 0) is 38.0 Å². The topological polar surface area (TPSA) is 55.1 Å². The molecule has 1 aliphatic carbocycles. The summed E-state index contributed by atoms with van der Waals surface area (Å²) in [5.41, 5.74) is 5.20. The van der Waals surface area contributed by atoms with Crippen LogP contribution in [0.5, 0.6) is 0 Å². The highest BCUT2D eigenvalue weighted by atomic mass is 32.1. The lowest BCUT2D eigenvalue weighted by Gasteiger charge is -2.44. The second-order valence-corrected chi connectivity index (χ2v) is 6.52. The van der Waals surface area contributed by atoms with Crippen LogP contribution in [0, 0.1) is 17.3 Å². The van der Waals surface area contributed by atoms with Crippen LogP contribution < -0.4 is 11.1 Å². The summed E-state index contributed by atoms with van der Waals surface area (Å²) in [6, 6.07) is 0.189. The fourth-order valence-corrected chi connectivity index (χ4v) is 3.08. The molecule has 0 aromatic carbocycles. The van der Waals surface area contributed by atoms with Crippen LogP contribution in [0.25, 0.3) is 0 Å². The van der Waals surface area contributed by atoms with Crippen LogP contribution in [0.3, 0.4) is 0 Å². The van der Waals surface area contributed by atoms with Crippen LogP contribution >= 0.6 is 12.2 Å². The quantitative estimate of drug-likeness (QED) is 0.730. The van der Waals surface area contributed by atoms with Crippen LogP contribution in [0.15, 0.2) is 0 Å². The molecular weight excluding hydrogens is 244 g/mol. The summed E-state index contributed by atoms with van der Waals surface area (Å²) in [7, 11) is 0. The van der Waals surface area contributed by atoms with Crippen molar-refractivity contribution < 1.29 is 4.79 Å². The lowest BCUT2D eigenvalue weighted by atomic mass is 9.62. The van der Waals surface area contributed by atoms with Gasteiger partial charge >= 0.3 is 0 Å². The molecule has 0 aliphatic heterocycles. The largest absolute Gasteiger partial charge is 0.392 e. The van der Waals surface area contributed by atoms with Gasteiger partial charge in [-0.25, -0.2) is 0 Å². The van der Waals surface area contributed by atoms with E-state index in [4.69, 9.17) is 18.0 Å². The Balaban J connectivity index is 2.56. The highest BCUT2D eigenvalue weighted by Crippen LogP contribution is 2.46. The van der Waals surface area contributed by atoms with Crippen molar-refractivity contribution >= 4 is 23.1 Å². The number of nitrogens with two attached hydrogens (primary N) is 1. The molecule has 2 unspecified atom stereocenters. The summed E-state index contributed by atoms with van der Waals surface area (Å²) in [6.07, 6.45) is 3.73. The van der Waals surface area contributed by atoms with Gasteiger partial charge in [-0.1, -0.05) is 39.4 Å². The number of nitrogens with one attached hydrogen (secondary N) is 1. The van der Waals surface area contributed by atoms with Gasteiger partial charge in [0.1, 0.15) is 0 Å². The van der Waals surface area contributed by atoms with Crippen LogP contribution in [0.2, 0.25) is 0 Å². The van der Waals surface area contributed by atoms with Crippen molar-refractivity contribution in [2.75, 3.05) is 0 Å². The number of amides is 1. The molecule has 18 heavy (non-hydrogen) atoms. The predicted molar refractivity (Wildman–Crippen MR) is 79.3 cm³/mol. The fraction of sp³-hybridized carbons (Fsp3) is 0.857. The van der Waals surface area contributed by atoms with Crippen molar-refractivity contribution in [3.8, 4) is 0 Å². The molecule has 1 aliphatic rings. The Morgan fingerprint density at radius 2 is 2.06 bits per heavy atom. The monoisotopic (exact) mass is 270 g/mol. The van der Waals surface area contributed by atoms with Crippen LogP contribution in [-0.4, -0.2) is 16.9 Å². The van der Waals surface area contributed by atoms with E-state index in [1.54, 1.807) is 0 Å². The number of hydrogen-bond acceptors (Lipinski definition) is 2. The van der Waals surface area contributed by atoms with Gasteiger partial charge < -0.3 is 11.1 Å². The lowest BCUT2D eigenvalue weighted by molar-refractivity contribution is -0.133. The predicted octanol–water partition coefficient (Wildman–Crippen LogP) is 2.63. The molecule has 1 rings (SSSR count). The Morgan fingerprint density at radius 3 is 2.44 bits per heavy atom. The van der Waals surface area contributed by atoms with E-state index in [0.29, 0.717) is 16.8 Å². The number of carbonyl (C=O) groups excluding carboxylic acids is 1. The minimum Gasteiger partial charge on any atom is -0.392 e. The van der Waals surface area contributed by atoms with Gasteiger partial charge in [-0.3, -0.25) is 4.79 Å². The minimum absolute atomic E-state index is 0.0314. The molecule has 1 saturated carbocycles. The molecule has 0 bridgehead atoms. The summed E-state index contributed by atoms with van der Waals surface area (Å²) >= 11 is 5.09. The van der Waals surface area contributed by atoms with E-state index in [2.05, 4.69) is 33.0 Å². The first-order chi connectivity index (χ1) is 8.31. The molecule has 0 saturated heterocycles. The molecule has 0 spiro atoms. The van der Waals surface area contributed by atoms with Gasteiger partial charge in [0.05, 0.1) is 10.4 Å². The van der Waals surface area contributed by atoms with Gasteiger partial charge in [0.2, 0.25) is 5.91 Å². The molecule has 4 heteroatoms. The maximum Gasteiger partial charge on any atom is 0.233 e. The first-order valence-electron chi connectivity index (χ1n) is 6.92. The van der Waals surface area contributed by atoms with Crippen molar-refractivity contribution in [3.63, 3.8) is 0 Å². The van der Waals surface area contributed by atoms with Crippen LogP contribution in [0.1, 0.15) is 53.4 Å². The highest BCUT2D eigenvalue weighted by Gasteiger charge is 2.50. The zero-order valence-electron chi connectivity index (χ0n) is 12.0. The molecule has 0 heterocycles. The molecule has 104 valence electrons. The van der Waals surface area contributed by atoms with Gasteiger partial charge in [-0.15, -0.1) is 0 Å². The second kappa shape index (κ2) is 6.00. The van der Waals surface area contributed by atoms with Gasteiger partial charge in [0, 0.05) is 6.04 Å². The Hall–Kier alpha value is -0.640.